The molecule has 0 unspecified atom stereocenters. The molecule has 2 N–H and O–H groups in total. The lowest BCUT2D eigenvalue weighted by atomic mass is 10.3. The molecule has 0 saturated heterocycles. The van der Waals surface area contributed by atoms with Crippen molar-refractivity contribution in [3.05, 3.63) is 97.1 Å². The van der Waals surface area contributed by atoms with Crippen molar-refractivity contribution in [3.8, 4) is 22.9 Å². The average Bonchev–Trinajstić information content (AvgIpc) is 3.44. The lowest BCUT2D eigenvalue weighted by Gasteiger charge is -2.00. The Morgan fingerprint density at radius 2 is 0.688 bits per heavy atom. The molecule has 6 rings (SSSR count). The third kappa shape index (κ3) is 3.72. The van der Waals surface area contributed by atoms with Crippen LogP contribution in [0.2, 0.25) is 0 Å². The Hall–Kier alpha value is -4.72. The lowest BCUT2D eigenvalue weighted by Crippen LogP contribution is -1.98. The van der Waals surface area contributed by atoms with E-state index in [2.05, 4.69) is 20.4 Å². The van der Waals surface area contributed by atoms with Crippen molar-refractivity contribution in [2.75, 3.05) is 0 Å². The maximum Gasteiger partial charge on any atom is 0.143 e. The molecule has 0 aliphatic rings. The summed E-state index contributed by atoms with van der Waals surface area (Å²) in [5, 5.41) is 36.5. The molecule has 8 nitrogen and oxygen atoms in total. The van der Waals surface area contributed by atoms with E-state index in [1.54, 1.807) is 36.4 Å². The summed E-state index contributed by atoms with van der Waals surface area (Å²) in [6, 6.07) is 29.2. The van der Waals surface area contributed by atoms with E-state index in [9.17, 15) is 10.2 Å². The number of para-hydroxylation sites is 4. The van der Waals surface area contributed by atoms with E-state index in [0.717, 1.165) is 22.1 Å². The molecule has 0 aliphatic heterocycles. The monoisotopic (exact) mass is 422 g/mol. The van der Waals surface area contributed by atoms with Crippen LogP contribution in [0.25, 0.3) is 33.4 Å². The topological polar surface area (TPSA) is 102 Å². The summed E-state index contributed by atoms with van der Waals surface area (Å²) in [6.07, 6.45) is 0. The second-order valence-electron chi connectivity index (χ2n) is 6.93. The number of benzene rings is 4. The molecule has 2 heterocycles. The Bertz CT molecular complexity index is 1340. The third-order valence-corrected chi connectivity index (χ3v) is 4.77. The molecule has 0 amide bonds. The Kier molecular flexibility index (Phi) is 4.93. The van der Waals surface area contributed by atoms with Crippen molar-refractivity contribution in [2.24, 2.45) is 0 Å². The second-order valence-corrected chi connectivity index (χ2v) is 6.93. The van der Waals surface area contributed by atoms with Crippen molar-refractivity contribution in [3.63, 3.8) is 0 Å². The van der Waals surface area contributed by atoms with Gasteiger partial charge in [-0.3, -0.25) is 0 Å². The lowest BCUT2D eigenvalue weighted by molar-refractivity contribution is 0.467. The molecule has 156 valence electrons. The van der Waals surface area contributed by atoms with E-state index in [4.69, 9.17) is 0 Å². The van der Waals surface area contributed by atoms with Crippen molar-refractivity contribution >= 4 is 22.1 Å². The molecule has 0 radical (unpaired) electrons. The highest BCUT2D eigenvalue weighted by Crippen LogP contribution is 2.21. The fraction of sp³-hybridized carbons (Fsp3) is 0. The first kappa shape index (κ1) is 19.3. The van der Waals surface area contributed by atoms with Crippen molar-refractivity contribution < 1.29 is 10.2 Å². The molecule has 0 atom stereocenters. The number of aromatic hydroxyl groups is 2. The number of phenolic OH excluding ortho intramolecular Hbond substituents is 2. The summed E-state index contributed by atoms with van der Waals surface area (Å²) in [5.74, 6) is 0.339. The molecular formula is C24H18N6O2. The molecule has 8 heteroatoms. The molecule has 0 spiro atoms. The summed E-state index contributed by atoms with van der Waals surface area (Å²) in [4.78, 5) is 2.89. The molecule has 0 bridgehead atoms. The summed E-state index contributed by atoms with van der Waals surface area (Å²) < 4.78 is 0. The Labute approximate surface area is 182 Å². The summed E-state index contributed by atoms with van der Waals surface area (Å²) >= 11 is 0. The van der Waals surface area contributed by atoms with Gasteiger partial charge in [0.1, 0.15) is 44.9 Å². The largest absolute Gasteiger partial charge is 0.506 e. The fourth-order valence-electron chi connectivity index (χ4n) is 3.20. The minimum atomic E-state index is 0.169. The van der Waals surface area contributed by atoms with Gasteiger partial charge in [-0.25, -0.2) is 0 Å². The molecule has 0 saturated carbocycles. The number of aromatic nitrogens is 6. The van der Waals surface area contributed by atoms with E-state index in [1.165, 1.54) is 9.59 Å². The number of hydrogen-bond donors (Lipinski definition) is 2. The van der Waals surface area contributed by atoms with Crippen LogP contribution < -0.4 is 0 Å². The first-order valence-electron chi connectivity index (χ1n) is 9.90. The van der Waals surface area contributed by atoms with E-state index >= 15 is 0 Å². The van der Waals surface area contributed by atoms with Crippen LogP contribution in [-0.2, 0) is 0 Å². The van der Waals surface area contributed by atoms with Gasteiger partial charge < -0.3 is 10.2 Å². The van der Waals surface area contributed by atoms with Gasteiger partial charge in [0.05, 0.1) is 0 Å². The molecule has 0 fully saturated rings. The van der Waals surface area contributed by atoms with E-state index in [-0.39, 0.29) is 11.5 Å². The number of rotatable bonds is 2. The van der Waals surface area contributed by atoms with Crippen LogP contribution in [0.4, 0.5) is 0 Å². The van der Waals surface area contributed by atoms with Crippen molar-refractivity contribution in [1.29, 1.82) is 0 Å². The van der Waals surface area contributed by atoms with E-state index in [0.29, 0.717) is 11.4 Å². The Morgan fingerprint density at radius 3 is 1.00 bits per heavy atom. The fourth-order valence-corrected chi connectivity index (χ4v) is 3.20. The van der Waals surface area contributed by atoms with Crippen LogP contribution in [0.1, 0.15) is 0 Å². The van der Waals surface area contributed by atoms with E-state index in [1.807, 2.05) is 60.7 Å². The van der Waals surface area contributed by atoms with Crippen LogP contribution in [-0.4, -0.2) is 40.2 Å². The van der Waals surface area contributed by atoms with Gasteiger partial charge in [0.25, 0.3) is 0 Å². The highest BCUT2D eigenvalue weighted by atomic mass is 16.3. The number of fused-ring (bicyclic) bond motifs is 2. The predicted octanol–water partition coefficient (Wildman–Crippen LogP) is 4.25. The molecule has 0 aliphatic carbocycles. The predicted molar refractivity (Wildman–Crippen MR) is 121 cm³/mol. The Morgan fingerprint density at radius 1 is 0.406 bits per heavy atom. The summed E-state index contributed by atoms with van der Waals surface area (Å²) in [5.41, 5.74) is 4.41. The van der Waals surface area contributed by atoms with Gasteiger partial charge in [0.15, 0.2) is 0 Å². The van der Waals surface area contributed by atoms with Gasteiger partial charge in [0.2, 0.25) is 0 Å². The molecule has 6 aromatic rings. The maximum atomic E-state index is 9.69. The van der Waals surface area contributed by atoms with Gasteiger partial charge in [-0.2, -0.15) is 0 Å². The Balaban J connectivity index is 0.000000135. The summed E-state index contributed by atoms with van der Waals surface area (Å²) in [6.45, 7) is 0. The van der Waals surface area contributed by atoms with Crippen LogP contribution in [0, 0.1) is 0 Å². The third-order valence-electron chi connectivity index (χ3n) is 4.77. The highest BCUT2D eigenvalue weighted by molar-refractivity contribution is 5.74. The zero-order chi connectivity index (χ0) is 21.9. The normalized spacial score (nSPS) is 10.8. The van der Waals surface area contributed by atoms with Crippen molar-refractivity contribution in [1.82, 2.24) is 30.0 Å². The van der Waals surface area contributed by atoms with Gasteiger partial charge in [-0.15, -0.1) is 30.0 Å². The molecule has 2 aromatic heterocycles. The van der Waals surface area contributed by atoms with Gasteiger partial charge >= 0.3 is 0 Å². The number of hydrogen-bond acceptors (Lipinski definition) is 6. The van der Waals surface area contributed by atoms with Gasteiger partial charge in [0, 0.05) is 0 Å². The number of nitrogens with zero attached hydrogens (tertiary/aromatic N) is 6. The first-order chi connectivity index (χ1) is 15.7. The van der Waals surface area contributed by atoms with Crippen LogP contribution in [0.3, 0.4) is 0 Å². The second kappa shape index (κ2) is 8.19. The zero-order valence-electron chi connectivity index (χ0n) is 16.8. The van der Waals surface area contributed by atoms with Crippen LogP contribution >= 0.6 is 0 Å². The first-order valence-corrected chi connectivity index (χ1v) is 9.90. The van der Waals surface area contributed by atoms with Crippen LogP contribution in [0.15, 0.2) is 97.1 Å². The smallest absolute Gasteiger partial charge is 0.143 e. The SMILES string of the molecule is Oc1ccccc1-n1nc2ccccc2n1.Oc1ccccc1-n1nc2ccccc2n1. The minimum Gasteiger partial charge on any atom is -0.506 e. The quantitative estimate of drug-likeness (QED) is 0.432. The van der Waals surface area contributed by atoms with E-state index < -0.39 is 0 Å². The van der Waals surface area contributed by atoms with Gasteiger partial charge in [-0.1, -0.05) is 48.5 Å². The maximum absolute atomic E-state index is 9.69. The van der Waals surface area contributed by atoms with Crippen LogP contribution in [0.5, 0.6) is 11.5 Å². The zero-order valence-corrected chi connectivity index (χ0v) is 16.8. The molecule has 32 heavy (non-hydrogen) atoms. The standard InChI is InChI=1S/2C12H9N3O/c2*16-12-8-4-3-7-11(12)15-13-9-5-1-2-6-10(9)14-15/h2*1-8,16H. The molecule has 4 aromatic carbocycles. The summed E-state index contributed by atoms with van der Waals surface area (Å²) in [7, 11) is 0. The van der Waals surface area contributed by atoms with Crippen molar-refractivity contribution in [2.45, 2.75) is 0 Å². The molecular weight excluding hydrogens is 404 g/mol. The highest BCUT2D eigenvalue weighted by Gasteiger charge is 2.07. The minimum absolute atomic E-state index is 0.169. The average molecular weight is 422 g/mol. The number of phenols is 2. The van der Waals surface area contributed by atoms with Gasteiger partial charge in [-0.05, 0) is 48.5 Å².